The van der Waals surface area contributed by atoms with Crippen molar-refractivity contribution in [2.24, 2.45) is 5.92 Å². The van der Waals surface area contributed by atoms with E-state index >= 15 is 0 Å². The number of amides is 1. The molecule has 0 spiro atoms. The van der Waals surface area contributed by atoms with Crippen LogP contribution in [-0.4, -0.2) is 56.7 Å². The molecule has 132 valence electrons. The maximum atomic E-state index is 12.2. The first-order valence-corrected chi connectivity index (χ1v) is 9.94. The highest BCUT2D eigenvalue weighted by molar-refractivity contribution is 7.86. The fraction of sp³-hybridized carbons (Fsp3) is 0.812. The van der Waals surface area contributed by atoms with Gasteiger partial charge in [-0.2, -0.15) is 17.0 Å². The molecule has 1 aliphatic carbocycles. The molecule has 2 rings (SSSR count). The summed E-state index contributed by atoms with van der Waals surface area (Å²) in [5, 5.41) is 3.02. The molecule has 1 fully saturated rings. The largest absolute Gasteiger partial charge is 0.356 e. The molecule has 1 amide bonds. The first-order valence-electron chi connectivity index (χ1n) is 8.54. The second kappa shape index (κ2) is 8.26. The van der Waals surface area contributed by atoms with Crippen molar-refractivity contribution in [3.63, 3.8) is 0 Å². The molecule has 1 heterocycles. The zero-order valence-corrected chi connectivity index (χ0v) is 15.1. The Balaban J connectivity index is 1.72. The van der Waals surface area contributed by atoms with Crippen LogP contribution < -0.4 is 5.32 Å². The van der Waals surface area contributed by atoms with Crippen LogP contribution in [-0.2, 0) is 15.0 Å². The van der Waals surface area contributed by atoms with Crippen LogP contribution in [0.5, 0.6) is 0 Å². The van der Waals surface area contributed by atoms with Crippen molar-refractivity contribution in [3.05, 3.63) is 11.6 Å². The van der Waals surface area contributed by atoms with Gasteiger partial charge in [0.2, 0.25) is 5.91 Å². The molecule has 1 aliphatic heterocycles. The molecule has 1 saturated heterocycles. The average molecular weight is 343 g/mol. The van der Waals surface area contributed by atoms with Crippen molar-refractivity contribution in [2.45, 2.75) is 44.9 Å². The van der Waals surface area contributed by atoms with E-state index in [0.717, 1.165) is 12.8 Å². The predicted octanol–water partition coefficient (Wildman–Crippen LogP) is 1.51. The number of allylic oxidation sites excluding steroid dienone is 1. The van der Waals surface area contributed by atoms with E-state index in [1.807, 2.05) is 0 Å². The number of piperidine rings is 1. The molecule has 0 saturated carbocycles. The molecule has 0 aromatic rings. The lowest BCUT2D eigenvalue weighted by molar-refractivity contribution is -0.126. The first-order chi connectivity index (χ1) is 10.9. The Hall–Kier alpha value is -0.920. The molecule has 0 bridgehead atoms. The van der Waals surface area contributed by atoms with Crippen molar-refractivity contribution in [2.75, 3.05) is 33.7 Å². The quantitative estimate of drug-likeness (QED) is 0.743. The van der Waals surface area contributed by atoms with Gasteiger partial charge in [-0.3, -0.25) is 4.79 Å². The number of carbonyl (C=O) groups excluding carboxylic acids is 1. The summed E-state index contributed by atoms with van der Waals surface area (Å²) < 4.78 is 26.8. The third-order valence-corrected chi connectivity index (χ3v) is 6.68. The number of nitrogens with one attached hydrogen (secondary N) is 1. The molecule has 0 atom stereocenters. The average Bonchev–Trinajstić information content (AvgIpc) is 2.55. The number of hydrogen-bond donors (Lipinski definition) is 1. The molecular formula is C16H29N3O3S. The SMILES string of the molecule is CN(C)S(=O)(=O)N1CCC(C(=O)NCCC2=CCCCC2)CC1. The van der Waals surface area contributed by atoms with E-state index in [0.29, 0.717) is 32.5 Å². The van der Waals surface area contributed by atoms with Crippen LogP contribution in [0.2, 0.25) is 0 Å². The topological polar surface area (TPSA) is 69.7 Å². The van der Waals surface area contributed by atoms with E-state index in [9.17, 15) is 13.2 Å². The van der Waals surface area contributed by atoms with Gasteiger partial charge in [0.15, 0.2) is 0 Å². The summed E-state index contributed by atoms with van der Waals surface area (Å²) >= 11 is 0. The van der Waals surface area contributed by atoms with Gasteiger partial charge in [-0.25, -0.2) is 0 Å². The standard InChI is InChI=1S/C16H29N3O3S/c1-18(2)23(21,22)19-12-9-15(10-13-19)16(20)17-11-8-14-6-4-3-5-7-14/h6,15H,3-5,7-13H2,1-2H3,(H,17,20). The Kier molecular flexibility index (Phi) is 6.61. The summed E-state index contributed by atoms with van der Waals surface area (Å²) in [7, 11) is -0.281. The normalized spacial score (nSPS) is 21.3. The van der Waals surface area contributed by atoms with Crippen molar-refractivity contribution in [3.8, 4) is 0 Å². The maximum absolute atomic E-state index is 12.2. The lowest BCUT2D eigenvalue weighted by Crippen LogP contribution is -2.46. The summed E-state index contributed by atoms with van der Waals surface area (Å²) in [4.78, 5) is 12.2. The Morgan fingerprint density at radius 1 is 1.30 bits per heavy atom. The molecule has 0 unspecified atom stereocenters. The highest BCUT2D eigenvalue weighted by Crippen LogP contribution is 2.22. The minimum Gasteiger partial charge on any atom is -0.356 e. The number of carbonyl (C=O) groups is 1. The minimum atomic E-state index is -3.35. The van der Waals surface area contributed by atoms with E-state index in [4.69, 9.17) is 0 Å². The van der Waals surface area contributed by atoms with Crippen molar-refractivity contribution >= 4 is 16.1 Å². The van der Waals surface area contributed by atoms with Crippen molar-refractivity contribution in [1.29, 1.82) is 0 Å². The van der Waals surface area contributed by atoms with E-state index in [-0.39, 0.29) is 11.8 Å². The molecule has 0 radical (unpaired) electrons. The van der Waals surface area contributed by atoms with Crippen molar-refractivity contribution in [1.82, 2.24) is 13.9 Å². The molecule has 0 aromatic carbocycles. The Bertz CT molecular complexity index is 535. The maximum Gasteiger partial charge on any atom is 0.281 e. The monoisotopic (exact) mass is 343 g/mol. The van der Waals surface area contributed by atoms with E-state index in [2.05, 4.69) is 11.4 Å². The summed E-state index contributed by atoms with van der Waals surface area (Å²) in [5.41, 5.74) is 1.46. The predicted molar refractivity (Wildman–Crippen MR) is 91.1 cm³/mol. The molecule has 0 aromatic heterocycles. The molecular weight excluding hydrogens is 314 g/mol. The third kappa shape index (κ3) is 5.02. The van der Waals surface area contributed by atoms with Crippen LogP contribution in [0.25, 0.3) is 0 Å². The van der Waals surface area contributed by atoms with Crippen LogP contribution in [0.4, 0.5) is 0 Å². The summed E-state index contributed by atoms with van der Waals surface area (Å²) in [6, 6.07) is 0. The highest BCUT2D eigenvalue weighted by atomic mass is 32.2. The van der Waals surface area contributed by atoms with E-state index < -0.39 is 10.2 Å². The van der Waals surface area contributed by atoms with Crippen LogP contribution >= 0.6 is 0 Å². The third-order valence-electron chi connectivity index (χ3n) is 4.74. The lowest BCUT2D eigenvalue weighted by Gasteiger charge is -2.32. The fourth-order valence-electron chi connectivity index (χ4n) is 3.20. The van der Waals surface area contributed by atoms with Gasteiger partial charge in [0, 0.05) is 39.6 Å². The van der Waals surface area contributed by atoms with Gasteiger partial charge in [0.25, 0.3) is 10.2 Å². The molecule has 23 heavy (non-hydrogen) atoms. The molecule has 1 N–H and O–H groups in total. The van der Waals surface area contributed by atoms with E-state index in [1.54, 1.807) is 0 Å². The minimum absolute atomic E-state index is 0.0658. The molecule has 7 heteroatoms. The number of nitrogens with zero attached hydrogens (tertiary/aromatic N) is 2. The second-order valence-corrected chi connectivity index (χ2v) is 8.76. The van der Waals surface area contributed by atoms with Gasteiger partial charge in [-0.15, -0.1) is 0 Å². The summed E-state index contributed by atoms with van der Waals surface area (Å²) in [5.74, 6) is 0.00672. The lowest BCUT2D eigenvalue weighted by atomic mass is 9.96. The smallest absolute Gasteiger partial charge is 0.281 e. The highest BCUT2D eigenvalue weighted by Gasteiger charge is 2.32. The van der Waals surface area contributed by atoms with Crippen LogP contribution in [0, 0.1) is 5.92 Å². The van der Waals surface area contributed by atoms with Crippen LogP contribution in [0.3, 0.4) is 0 Å². The zero-order valence-electron chi connectivity index (χ0n) is 14.3. The first kappa shape index (κ1) is 18.4. The van der Waals surface area contributed by atoms with Crippen LogP contribution in [0.1, 0.15) is 44.9 Å². The molecule has 2 aliphatic rings. The second-order valence-electron chi connectivity index (χ2n) is 6.61. The van der Waals surface area contributed by atoms with Gasteiger partial charge in [0.1, 0.15) is 0 Å². The van der Waals surface area contributed by atoms with Crippen LogP contribution in [0.15, 0.2) is 11.6 Å². The molecule has 6 nitrogen and oxygen atoms in total. The Morgan fingerprint density at radius 3 is 2.57 bits per heavy atom. The fourth-order valence-corrected chi connectivity index (χ4v) is 4.34. The van der Waals surface area contributed by atoms with Gasteiger partial charge >= 0.3 is 0 Å². The van der Waals surface area contributed by atoms with Gasteiger partial charge in [0.05, 0.1) is 0 Å². The number of rotatable bonds is 6. The summed E-state index contributed by atoms with van der Waals surface area (Å²) in [6.07, 6.45) is 9.32. The van der Waals surface area contributed by atoms with Gasteiger partial charge in [-0.05, 0) is 44.9 Å². The summed E-state index contributed by atoms with van der Waals surface area (Å²) in [6.45, 7) is 1.54. The van der Waals surface area contributed by atoms with Gasteiger partial charge < -0.3 is 5.32 Å². The number of hydrogen-bond acceptors (Lipinski definition) is 3. The Morgan fingerprint density at radius 2 is 2.00 bits per heavy atom. The Labute approximate surface area is 140 Å². The zero-order chi connectivity index (χ0) is 16.9. The van der Waals surface area contributed by atoms with E-state index in [1.165, 1.54) is 47.5 Å². The van der Waals surface area contributed by atoms with Gasteiger partial charge in [-0.1, -0.05) is 11.6 Å². The van der Waals surface area contributed by atoms with Crippen molar-refractivity contribution < 1.29 is 13.2 Å².